The zero-order valence-electron chi connectivity index (χ0n) is 28.2. The Bertz CT molecular complexity index is 1210. The first-order valence-corrected chi connectivity index (χ1v) is 15.3. The Hall–Kier alpha value is -4.49. The topological polar surface area (TPSA) is 183 Å². The molecule has 0 aliphatic rings. The molecule has 1 aromatic carbocycles. The number of hydrogen-bond donors (Lipinski definition) is 4. The second-order valence-corrected chi connectivity index (χ2v) is 12.8. The molecular formula is C32H50N6O8. The van der Waals surface area contributed by atoms with Gasteiger partial charge in [-0.05, 0) is 23.3 Å². The SMILES string of the molecule is CCCC(NC(=O)CN(CC(C)(C)C)C(=O)CNC(=O)OCC(C)C)C(=O)C(=O)NCC(=O)NC(C(=O)N(C)C)c1ccccc1. The zero-order chi connectivity index (χ0) is 35.0. The van der Waals surface area contributed by atoms with Crippen LogP contribution < -0.4 is 21.3 Å². The number of carbonyl (C=O) groups excluding carboxylic acids is 7. The molecule has 4 N–H and O–H groups in total. The smallest absolute Gasteiger partial charge is 0.407 e. The summed E-state index contributed by atoms with van der Waals surface area (Å²) in [5, 5.41) is 9.75. The number of ether oxygens (including phenoxy) is 1. The van der Waals surface area contributed by atoms with Crippen LogP contribution >= 0.6 is 0 Å². The average molecular weight is 647 g/mol. The van der Waals surface area contributed by atoms with Crippen LogP contribution in [0.1, 0.15) is 66.0 Å². The highest BCUT2D eigenvalue weighted by molar-refractivity contribution is 6.38. The van der Waals surface area contributed by atoms with Crippen LogP contribution in [0.15, 0.2) is 30.3 Å². The fraction of sp³-hybridized carbons (Fsp3) is 0.594. The molecule has 0 spiro atoms. The maximum absolute atomic E-state index is 13.0. The molecule has 0 saturated heterocycles. The lowest BCUT2D eigenvalue weighted by atomic mass is 9.96. The zero-order valence-corrected chi connectivity index (χ0v) is 28.2. The van der Waals surface area contributed by atoms with Crippen molar-refractivity contribution >= 4 is 41.4 Å². The maximum Gasteiger partial charge on any atom is 0.407 e. The molecule has 1 rings (SSSR count). The number of likely N-dealkylation sites (N-methyl/N-ethyl adjacent to an activating group) is 1. The second-order valence-electron chi connectivity index (χ2n) is 12.8. The Morgan fingerprint density at radius 2 is 1.50 bits per heavy atom. The van der Waals surface area contributed by atoms with E-state index in [1.807, 2.05) is 34.6 Å². The number of alkyl carbamates (subject to hydrolysis) is 1. The maximum atomic E-state index is 13.0. The number of nitrogens with one attached hydrogen (secondary N) is 4. The summed E-state index contributed by atoms with van der Waals surface area (Å²) in [4.78, 5) is 91.5. The molecule has 2 atom stereocenters. The van der Waals surface area contributed by atoms with Crippen molar-refractivity contribution in [3.05, 3.63) is 35.9 Å². The normalized spacial score (nSPS) is 12.3. The lowest BCUT2D eigenvalue weighted by Crippen LogP contribution is -2.53. The number of ketones is 1. The molecule has 0 saturated carbocycles. The second kappa shape index (κ2) is 19.1. The van der Waals surface area contributed by atoms with E-state index in [0.29, 0.717) is 12.0 Å². The minimum atomic E-state index is -1.20. The van der Waals surface area contributed by atoms with E-state index in [2.05, 4.69) is 21.3 Å². The summed E-state index contributed by atoms with van der Waals surface area (Å²) in [6.45, 7) is 10.1. The van der Waals surface area contributed by atoms with Gasteiger partial charge >= 0.3 is 6.09 Å². The Morgan fingerprint density at radius 1 is 0.870 bits per heavy atom. The Balaban J connectivity index is 2.85. The summed E-state index contributed by atoms with van der Waals surface area (Å²) in [5.74, 6) is -4.22. The third kappa shape index (κ3) is 15.0. The minimum Gasteiger partial charge on any atom is -0.449 e. The highest BCUT2D eigenvalue weighted by Crippen LogP contribution is 2.16. The van der Waals surface area contributed by atoms with E-state index in [1.54, 1.807) is 51.4 Å². The van der Waals surface area contributed by atoms with Gasteiger partial charge in [-0.25, -0.2) is 4.79 Å². The van der Waals surface area contributed by atoms with Gasteiger partial charge in [-0.2, -0.15) is 0 Å². The Labute approximate surface area is 271 Å². The number of rotatable bonds is 17. The molecule has 46 heavy (non-hydrogen) atoms. The molecule has 0 aliphatic heterocycles. The molecule has 14 heteroatoms. The number of carbonyl (C=O) groups is 7. The number of benzene rings is 1. The number of Topliss-reactive ketones (excluding diaryl/α,β-unsaturated/α-hetero) is 1. The van der Waals surface area contributed by atoms with Gasteiger partial charge in [0.05, 0.1) is 25.7 Å². The predicted molar refractivity (Wildman–Crippen MR) is 171 cm³/mol. The highest BCUT2D eigenvalue weighted by Gasteiger charge is 2.30. The molecule has 0 aliphatic carbocycles. The van der Waals surface area contributed by atoms with Crippen LogP contribution in [-0.4, -0.2) is 104 Å². The fourth-order valence-corrected chi connectivity index (χ4v) is 4.14. The van der Waals surface area contributed by atoms with Crippen LogP contribution in [-0.2, 0) is 33.5 Å². The minimum absolute atomic E-state index is 0.117. The van der Waals surface area contributed by atoms with Crippen molar-refractivity contribution in [2.24, 2.45) is 11.3 Å². The predicted octanol–water partition coefficient (Wildman–Crippen LogP) is 1.16. The number of hydrogen-bond acceptors (Lipinski definition) is 8. The van der Waals surface area contributed by atoms with Gasteiger partial charge in [-0.1, -0.05) is 78.3 Å². The van der Waals surface area contributed by atoms with Crippen molar-refractivity contribution in [3.63, 3.8) is 0 Å². The van der Waals surface area contributed by atoms with E-state index in [1.165, 1.54) is 9.80 Å². The molecule has 0 aromatic heterocycles. The molecule has 14 nitrogen and oxygen atoms in total. The van der Waals surface area contributed by atoms with Crippen molar-refractivity contribution in [1.29, 1.82) is 0 Å². The summed E-state index contributed by atoms with van der Waals surface area (Å²) >= 11 is 0. The van der Waals surface area contributed by atoms with E-state index in [-0.39, 0.29) is 31.4 Å². The molecule has 0 radical (unpaired) electrons. The monoisotopic (exact) mass is 646 g/mol. The van der Waals surface area contributed by atoms with Crippen LogP contribution in [0.3, 0.4) is 0 Å². The van der Waals surface area contributed by atoms with Crippen molar-refractivity contribution in [3.8, 4) is 0 Å². The van der Waals surface area contributed by atoms with Crippen LogP contribution in [0.2, 0.25) is 0 Å². The molecule has 2 unspecified atom stereocenters. The van der Waals surface area contributed by atoms with Gasteiger partial charge in [0.2, 0.25) is 29.4 Å². The summed E-state index contributed by atoms with van der Waals surface area (Å²) in [7, 11) is 3.10. The van der Waals surface area contributed by atoms with Gasteiger partial charge in [0.1, 0.15) is 12.6 Å². The van der Waals surface area contributed by atoms with Crippen LogP contribution in [0.25, 0.3) is 0 Å². The molecule has 6 amide bonds. The largest absolute Gasteiger partial charge is 0.449 e. The first-order valence-electron chi connectivity index (χ1n) is 15.3. The van der Waals surface area contributed by atoms with Crippen molar-refractivity contribution in [1.82, 2.24) is 31.1 Å². The van der Waals surface area contributed by atoms with Gasteiger partial charge in [0.15, 0.2) is 0 Å². The van der Waals surface area contributed by atoms with Crippen LogP contribution in [0, 0.1) is 11.3 Å². The standard InChI is InChI=1S/C32H50N6O8/c1-9-13-23(35-25(40)18-38(20-32(4,5)6)26(41)17-34-31(45)46-19-21(2)3)28(42)29(43)33-16-24(39)36-27(30(44)37(7)8)22-14-11-10-12-15-22/h10-12,14-15,21,23,27H,9,13,16-20H2,1-8H3,(H,33,43)(H,34,45)(H,35,40)(H,36,39). The van der Waals surface area contributed by atoms with Gasteiger partial charge in [0.25, 0.3) is 5.91 Å². The molecule has 0 bridgehead atoms. The van der Waals surface area contributed by atoms with E-state index in [4.69, 9.17) is 4.74 Å². The van der Waals surface area contributed by atoms with E-state index in [0.717, 1.165) is 0 Å². The first kappa shape index (κ1) is 39.5. The van der Waals surface area contributed by atoms with Gasteiger partial charge in [0, 0.05) is 20.6 Å². The Kier molecular flexibility index (Phi) is 16.4. The third-order valence-electron chi connectivity index (χ3n) is 6.27. The highest BCUT2D eigenvalue weighted by atomic mass is 16.5. The summed E-state index contributed by atoms with van der Waals surface area (Å²) < 4.78 is 5.02. The summed E-state index contributed by atoms with van der Waals surface area (Å²) in [6.07, 6.45) is -0.174. The van der Waals surface area contributed by atoms with Crippen molar-refractivity contribution in [2.75, 3.05) is 46.9 Å². The van der Waals surface area contributed by atoms with Crippen molar-refractivity contribution < 1.29 is 38.3 Å². The molecule has 256 valence electrons. The number of nitrogens with zero attached hydrogens (tertiary/aromatic N) is 2. The van der Waals surface area contributed by atoms with E-state index in [9.17, 15) is 33.6 Å². The molecule has 0 heterocycles. The van der Waals surface area contributed by atoms with Gasteiger partial charge in [-0.3, -0.25) is 28.8 Å². The van der Waals surface area contributed by atoms with Gasteiger partial charge < -0.3 is 35.8 Å². The summed E-state index contributed by atoms with van der Waals surface area (Å²) in [6, 6.07) is 6.37. The average Bonchev–Trinajstić information content (AvgIpc) is 2.98. The molecule has 1 aromatic rings. The fourth-order valence-electron chi connectivity index (χ4n) is 4.14. The first-order chi connectivity index (χ1) is 21.4. The van der Waals surface area contributed by atoms with Gasteiger partial charge in [-0.15, -0.1) is 0 Å². The third-order valence-corrected chi connectivity index (χ3v) is 6.27. The molecular weight excluding hydrogens is 596 g/mol. The number of amides is 6. The lowest BCUT2D eigenvalue weighted by molar-refractivity contribution is -0.141. The van der Waals surface area contributed by atoms with E-state index >= 15 is 0 Å². The molecule has 0 fully saturated rings. The Morgan fingerprint density at radius 3 is 2.04 bits per heavy atom. The van der Waals surface area contributed by atoms with Crippen LogP contribution in [0.4, 0.5) is 4.79 Å². The lowest BCUT2D eigenvalue weighted by Gasteiger charge is -2.30. The quantitative estimate of drug-likeness (QED) is 0.182. The summed E-state index contributed by atoms with van der Waals surface area (Å²) in [5.41, 5.74) is 0.146. The van der Waals surface area contributed by atoms with Crippen LogP contribution in [0.5, 0.6) is 0 Å². The van der Waals surface area contributed by atoms with Crippen molar-refractivity contribution in [2.45, 2.75) is 66.5 Å². The van der Waals surface area contributed by atoms with E-state index < -0.39 is 72.6 Å².